The molecule has 7 nitrogen and oxygen atoms in total. The van der Waals surface area contributed by atoms with Crippen LogP contribution in [0.3, 0.4) is 0 Å². The second-order valence-corrected chi connectivity index (χ2v) is 11.3. The first-order valence-electron chi connectivity index (χ1n) is 13.0. The summed E-state index contributed by atoms with van der Waals surface area (Å²) in [4.78, 5) is 49.2. The molecule has 0 fully saturated rings. The fourth-order valence-electron chi connectivity index (χ4n) is 5.29. The number of aliphatic imine (C=N–C) groups is 2. The van der Waals surface area contributed by atoms with Gasteiger partial charge < -0.3 is 9.84 Å². The summed E-state index contributed by atoms with van der Waals surface area (Å²) < 4.78 is 5.09. The molecule has 0 saturated heterocycles. The van der Waals surface area contributed by atoms with Crippen molar-refractivity contribution in [2.24, 2.45) is 15.4 Å². The van der Waals surface area contributed by atoms with Gasteiger partial charge in [-0.3, -0.25) is 19.6 Å². The standard InChI is InChI=1S/C32H34N2O5/c1-21-8-9-22(27(36)31(14-17-35)12-6-15-33-31)18-25(21)24-11-10-23(19-26(24)29(38)39-5)28(37)32(13-7-16-34-32)20-30(2,3)4/h6-13,15-16,18-19,35H,14,17,20H2,1-5H3. The first-order valence-corrected chi connectivity index (χ1v) is 13.0. The van der Waals surface area contributed by atoms with Gasteiger partial charge in [0.25, 0.3) is 0 Å². The molecule has 0 saturated carbocycles. The van der Waals surface area contributed by atoms with E-state index in [1.165, 1.54) is 7.11 Å². The van der Waals surface area contributed by atoms with E-state index in [0.29, 0.717) is 28.7 Å². The zero-order chi connectivity index (χ0) is 28.4. The molecule has 202 valence electrons. The molecule has 2 aromatic rings. The molecule has 0 bridgehead atoms. The van der Waals surface area contributed by atoms with Crippen molar-refractivity contribution < 1.29 is 24.2 Å². The number of Topliss-reactive ketones (excluding diaryl/α,β-unsaturated/α-hetero) is 2. The van der Waals surface area contributed by atoms with Crippen LogP contribution in [0.5, 0.6) is 0 Å². The summed E-state index contributed by atoms with van der Waals surface area (Å²) in [6.07, 6.45) is 10.9. The Morgan fingerprint density at radius 1 is 0.872 bits per heavy atom. The topological polar surface area (TPSA) is 105 Å². The number of carbonyl (C=O) groups excluding carboxylic acids is 3. The van der Waals surface area contributed by atoms with Crippen molar-refractivity contribution in [3.63, 3.8) is 0 Å². The Bertz CT molecular complexity index is 1410. The van der Waals surface area contributed by atoms with Crippen molar-refractivity contribution in [3.8, 4) is 11.1 Å². The van der Waals surface area contributed by atoms with Crippen LogP contribution in [-0.4, -0.2) is 59.9 Å². The zero-order valence-corrected chi connectivity index (χ0v) is 23.0. The molecule has 2 aromatic carbocycles. The molecule has 2 aliphatic heterocycles. The SMILES string of the molecule is COC(=O)c1cc(C(=O)C2(CC(C)(C)C)C=CC=N2)ccc1-c1cc(C(=O)C2(CCO)C=CC=N2)ccc1C. The Hall–Kier alpha value is -3.97. The lowest BCUT2D eigenvalue weighted by Crippen LogP contribution is -2.37. The Morgan fingerprint density at radius 3 is 2.03 bits per heavy atom. The van der Waals surface area contributed by atoms with Crippen molar-refractivity contribution in [2.45, 2.75) is 51.6 Å². The molecule has 39 heavy (non-hydrogen) atoms. The lowest BCUT2D eigenvalue weighted by Gasteiger charge is -2.30. The molecule has 0 radical (unpaired) electrons. The molecule has 0 aromatic heterocycles. The second kappa shape index (κ2) is 10.7. The minimum absolute atomic E-state index is 0.164. The summed E-state index contributed by atoms with van der Waals surface area (Å²) in [6.45, 7) is 7.87. The summed E-state index contributed by atoms with van der Waals surface area (Å²) in [5.74, 6) is -1.04. The molecule has 2 aliphatic rings. The fraction of sp³-hybridized carbons (Fsp3) is 0.344. The summed E-state index contributed by atoms with van der Waals surface area (Å²) in [5, 5.41) is 9.57. The smallest absolute Gasteiger partial charge is 0.338 e. The second-order valence-electron chi connectivity index (χ2n) is 11.3. The number of methoxy groups -OCH3 is 1. The fourth-order valence-corrected chi connectivity index (χ4v) is 5.29. The zero-order valence-electron chi connectivity index (χ0n) is 23.0. The molecule has 1 N–H and O–H groups in total. The molecule has 2 heterocycles. The number of aliphatic hydroxyl groups excluding tert-OH is 1. The third-order valence-corrected chi connectivity index (χ3v) is 7.08. The van der Waals surface area contributed by atoms with Gasteiger partial charge in [-0.2, -0.15) is 0 Å². The van der Waals surface area contributed by atoms with Crippen LogP contribution in [0.2, 0.25) is 0 Å². The van der Waals surface area contributed by atoms with Crippen LogP contribution >= 0.6 is 0 Å². The van der Waals surface area contributed by atoms with Gasteiger partial charge >= 0.3 is 5.97 Å². The lowest BCUT2D eigenvalue weighted by atomic mass is 9.76. The van der Waals surface area contributed by atoms with Crippen LogP contribution in [0.1, 0.15) is 70.3 Å². The molecular formula is C32H34N2O5. The number of ketones is 2. The molecular weight excluding hydrogens is 492 g/mol. The predicted molar refractivity (Wildman–Crippen MR) is 153 cm³/mol. The largest absolute Gasteiger partial charge is 0.465 e. The van der Waals surface area contributed by atoms with E-state index in [0.717, 1.165) is 5.56 Å². The monoisotopic (exact) mass is 526 g/mol. The van der Waals surface area contributed by atoms with Crippen molar-refractivity contribution in [3.05, 3.63) is 83.0 Å². The average Bonchev–Trinajstić information content (AvgIpc) is 3.58. The number of nitrogens with zero attached hydrogens (tertiary/aromatic N) is 2. The number of rotatable bonds is 9. The van der Waals surface area contributed by atoms with Crippen LogP contribution < -0.4 is 0 Å². The number of allylic oxidation sites excluding steroid dienone is 2. The number of carbonyl (C=O) groups is 3. The van der Waals surface area contributed by atoms with E-state index >= 15 is 0 Å². The number of aryl methyl sites for hydroxylation is 1. The van der Waals surface area contributed by atoms with Gasteiger partial charge in [-0.15, -0.1) is 0 Å². The number of ether oxygens (including phenoxy) is 1. The maximum absolute atomic E-state index is 13.8. The Labute approximate surface area is 229 Å². The van der Waals surface area contributed by atoms with Gasteiger partial charge in [0, 0.05) is 36.6 Å². The quantitative estimate of drug-likeness (QED) is 0.348. The minimum atomic E-state index is -1.15. The Kier molecular flexibility index (Phi) is 7.66. The summed E-state index contributed by atoms with van der Waals surface area (Å²) in [7, 11) is 1.29. The Morgan fingerprint density at radius 2 is 1.46 bits per heavy atom. The third-order valence-electron chi connectivity index (χ3n) is 7.08. The summed E-state index contributed by atoms with van der Waals surface area (Å²) in [6, 6.07) is 10.2. The number of esters is 1. The molecule has 2 unspecified atom stereocenters. The number of aliphatic hydroxyl groups is 1. The number of hydrogen-bond donors (Lipinski definition) is 1. The van der Waals surface area contributed by atoms with E-state index in [2.05, 4.69) is 30.8 Å². The van der Waals surface area contributed by atoms with E-state index in [-0.39, 0.29) is 35.6 Å². The highest BCUT2D eigenvalue weighted by Gasteiger charge is 2.41. The highest BCUT2D eigenvalue weighted by molar-refractivity contribution is 6.11. The number of benzene rings is 2. The van der Waals surface area contributed by atoms with Gasteiger partial charge in [-0.25, -0.2) is 4.79 Å². The highest BCUT2D eigenvalue weighted by atomic mass is 16.5. The Balaban J connectivity index is 1.80. The first kappa shape index (κ1) is 28.0. The maximum Gasteiger partial charge on any atom is 0.338 e. The van der Waals surface area contributed by atoms with Gasteiger partial charge in [0.15, 0.2) is 11.6 Å². The normalized spacial score (nSPS) is 21.5. The average molecular weight is 527 g/mol. The van der Waals surface area contributed by atoms with Gasteiger partial charge in [-0.1, -0.05) is 45.0 Å². The molecule has 4 rings (SSSR count). The molecule has 2 atom stereocenters. The third kappa shape index (κ3) is 5.45. The van der Waals surface area contributed by atoms with E-state index in [1.807, 2.05) is 19.1 Å². The van der Waals surface area contributed by atoms with Crippen molar-refractivity contribution in [1.82, 2.24) is 0 Å². The van der Waals surface area contributed by atoms with Gasteiger partial charge in [0.1, 0.15) is 11.1 Å². The van der Waals surface area contributed by atoms with E-state index in [9.17, 15) is 19.5 Å². The molecule has 0 amide bonds. The maximum atomic E-state index is 13.8. The minimum Gasteiger partial charge on any atom is -0.465 e. The van der Waals surface area contributed by atoms with Gasteiger partial charge in [0.05, 0.1) is 12.7 Å². The molecule has 7 heteroatoms. The van der Waals surface area contributed by atoms with Crippen LogP contribution in [0.15, 0.2) is 70.7 Å². The molecule has 0 spiro atoms. The van der Waals surface area contributed by atoms with E-state index in [1.54, 1.807) is 61.0 Å². The summed E-state index contributed by atoms with van der Waals surface area (Å²) >= 11 is 0. The van der Waals surface area contributed by atoms with Crippen LogP contribution in [0, 0.1) is 12.3 Å². The van der Waals surface area contributed by atoms with Crippen LogP contribution in [-0.2, 0) is 4.74 Å². The number of hydrogen-bond acceptors (Lipinski definition) is 7. The van der Waals surface area contributed by atoms with Crippen LogP contribution in [0.4, 0.5) is 0 Å². The summed E-state index contributed by atoms with van der Waals surface area (Å²) in [5.41, 5.74) is 0.661. The van der Waals surface area contributed by atoms with Gasteiger partial charge in [0.2, 0.25) is 0 Å². The van der Waals surface area contributed by atoms with E-state index in [4.69, 9.17) is 4.74 Å². The lowest BCUT2D eigenvalue weighted by molar-refractivity contribution is 0.0601. The molecule has 0 aliphatic carbocycles. The highest BCUT2D eigenvalue weighted by Crippen LogP contribution is 2.37. The van der Waals surface area contributed by atoms with Crippen LogP contribution in [0.25, 0.3) is 11.1 Å². The van der Waals surface area contributed by atoms with Gasteiger partial charge in [-0.05, 0) is 71.9 Å². The van der Waals surface area contributed by atoms with Crippen molar-refractivity contribution >= 4 is 30.0 Å². The van der Waals surface area contributed by atoms with E-state index < -0.39 is 17.0 Å². The van der Waals surface area contributed by atoms with Crippen molar-refractivity contribution in [1.29, 1.82) is 0 Å². The first-order chi connectivity index (χ1) is 18.5. The van der Waals surface area contributed by atoms with Crippen molar-refractivity contribution in [2.75, 3.05) is 13.7 Å². The predicted octanol–water partition coefficient (Wildman–Crippen LogP) is 5.39.